The quantitative estimate of drug-likeness (QED) is 0.573. The van der Waals surface area contributed by atoms with E-state index in [0.717, 1.165) is 57.3 Å². The number of unbranched alkanes of at least 4 members (excludes halogenated alkanes) is 4. The Kier molecular flexibility index (Phi) is 8.70. The molecule has 0 saturated heterocycles. The normalized spacial score (nSPS) is 10.8. The lowest BCUT2D eigenvalue weighted by Gasteiger charge is -2.10. The first-order valence-electron chi connectivity index (χ1n) is 5.80. The number of hydrogen-bond acceptors (Lipinski definition) is 1. The Hall–Kier alpha value is -0.530. The third-order valence-corrected chi connectivity index (χ3v) is 2.47. The molecule has 0 rings (SSSR count). The molecule has 0 aromatic heterocycles. The van der Waals surface area contributed by atoms with E-state index >= 15 is 0 Å². The first-order valence-corrected chi connectivity index (χ1v) is 5.80. The molecule has 14 heavy (non-hydrogen) atoms. The third kappa shape index (κ3) is 6.93. The molecule has 2 nitrogen and oxygen atoms in total. The van der Waals surface area contributed by atoms with Crippen LogP contribution < -0.4 is 0 Å². The molecular weight excluding hydrogens is 176 g/mol. The van der Waals surface area contributed by atoms with Gasteiger partial charge < -0.3 is 5.11 Å². The van der Waals surface area contributed by atoms with Crippen molar-refractivity contribution in [3.8, 4) is 0 Å². The van der Waals surface area contributed by atoms with E-state index in [1.807, 2.05) is 0 Å². The molecule has 83 valence electrons. The zero-order valence-electron chi connectivity index (χ0n) is 9.51. The standard InChI is InChI=1S/C12H23O2/c1-3-5-7-9-11(12(13)14)10-8-6-4-2/h3-10H2,1-2H3,(H,13,14). The van der Waals surface area contributed by atoms with E-state index in [0.29, 0.717) is 0 Å². The number of hydrogen-bond donors (Lipinski definition) is 1. The monoisotopic (exact) mass is 199 g/mol. The van der Waals surface area contributed by atoms with Crippen molar-refractivity contribution in [3.05, 3.63) is 5.92 Å². The van der Waals surface area contributed by atoms with Crippen LogP contribution in [0.1, 0.15) is 65.2 Å². The minimum Gasteiger partial charge on any atom is -0.481 e. The van der Waals surface area contributed by atoms with Gasteiger partial charge in [-0.2, -0.15) is 0 Å². The van der Waals surface area contributed by atoms with E-state index in [9.17, 15) is 4.79 Å². The molecule has 0 bridgehead atoms. The van der Waals surface area contributed by atoms with Crippen LogP contribution in [-0.2, 0) is 4.79 Å². The van der Waals surface area contributed by atoms with Gasteiger partial charge in [0.25, 0.3) is 0 Å². The van der Waals surface area contributed by atoms with Crippen LogP contribution in [0.15, 0.2) is 0 Å². The van der Waals surface area contributed by atoms with Crippen molar-refractivity contribution in [2.45, 2.75) is 65.2 Å². The zero-order valence-corrected chi connectivity index (χ0v) is 9.51. The molecule has 0 spiro atoms. The zero-order chi connectivity index (χ0) is 10.8. The average Bonchev–Trinajstić information content (AvgIpc) is 2.15. The van der Waals surface area contributed by atoms with E-state index in [-0.39, 0.29) is 0 Å². The molecule has 0 unspecified atom stereocenters. The van der Waals surface area contributed by atoms with Gasteiger partial charge in [0.15, 0.2) is 0 Å². The second-order valence-corrected chi connectivity index (χ2v) is 3.82. The fourth-order valence-electron chi connectivity index (χ4n) is 1.52. The Bertz CT molecular complexity index is 133. The summed E-state index contributed by atoms with van der Waals surface area (Å²) in [7, 11) is 0. The fourth-order valence-corrected chi connectivity index (χ4v) is 1.52. The number of carbonyl (C=O) groups is 1. The highest BCUT2D eigenvalue weighted by Gasteiger charge is 2.16. The fraction of sp³-hybridized carbons (Fsp3) is 0.833. The first kappa shape index (κ1) is 13.5. The van der Waals surface area contributed by atoms with Crippen molar-refractivity contribution < 1.29 is 9.90 Å². The molecule has 2 heteroatoms. The van der Waals surface area contributed by atoms with Gasteiger partial charge in [0.05, 0.1) is 5.92 Å². The van der Waals surface area contributed by atoms with Crippen LogP contribution in [0.4, 0.5) is 0 Å². The van der Waals surface area contributed by atoms with Gasteiger partial charge in [-0.25, -0.2) is 0 Å². The molecule has 0 aromatic carbocycles. The van der Waals surface area contributed by atoms with Gasteiger partial charge in [0.2, 0.25) is 0 Å². The molecule has 1 N–H and O–H groups in total. The minimum atomic E-state index is -0.683. The summed E-state index contributed by atoms with van der Waals surface area (Å²) in [5.74, 6) is 0.0455. The second-order valence-electron chi connectivity index (χ2n) is 3.82. The number of carboxylic acid groups (broad SMARTS) is 1. The number of aliphatic carboxylic acids is 1. The SMILES string of the molecule is CCCCC[C](CCCCC)C(=O)O. The van der Waals surface area contributed by atoms with Crippen LogP contribution in [0, 0.1) is 5.92 Å². The highest BCUT2D eigenvalue weighted by Crippen LogP contribution is 2.19. The summed E-state index contributed by atoms with van der Waals surface area (Å²) in [6.07, 6.45) is 8.23. The third-order valence-electron chi connectivity index (χ3n) is 2.47. The Morgan fingerprint density at radius 3 is 1.64 bits per heavy atom. The second kappa shape index (κ2) is 9.04. The number of carboxylic acids is 1. The largest absolute Gasteiger partial charge is 0.481 e. The predicted molar refractivity (Wildman–Crippen MR) is 59.2 cm³/mol. The maximum atomic E-state index is 10.9. The van der Waals surface area contributed by atoms with E-state index in [4.69, 9.17) is 5.11 Å². The van der Waals surface area contributed by atoms with E-state index in [1.165, 1.54) is 0 Å². The van der Waals surface area contributed by atoms with E-state index in [1.54, 1.807) is 0 Å². The smallest absolute Gasteiger partial charge is 0.310 e. The molecular formula is C12H23O2. The predicted octanol–water partition coefficient (Wildman–Crippen LogP) is 3.81. The molecule has 0 heterocycles. The number of rotatable bonds is 9. The van der Waals surface area contributed by atoms with Crippen LogP contribution >= 0.6 is 0 Å². The van der Waals surface area contributed by atoms with Crippen molar-refractivity contribution in [2.75, 3.05) is 0 Å². The molecule has 0 aliphatic carbocycles. The van der Waals surface area contributed by atoms with Crippen LogP contribution in [0.2, 0.25) is 0 Å². The minimum absolute atomic E-state index is 0.683. The van der Waals surface area contributed by atoms with E-state index in [2.05, 4.69) is 13.8 Å². The van der Waals surface area contributed by atoms with Gasteiger partial charge in [0, 0.05) is 0 Å². The molecule has 0 fully saturated rings. The molecule has 0 saturated carbocycles. The summed E-state index contributed by atoms with van der Waals surface area (Å²) >= 11 is 0. The molecule has 0 aliphatic heterocycles. The molecule has 0 aromatic rings. The highest BCUT2D eigenvalue weighted by atomic mass is 16.4. The van der Waals surface area contributed by atoms with Crippen molar-refractivity contribution in [3.63, 3.8) is 0 Å². The van der Waals surface area contributed by atoms with Gasteiger partial charge in [-0.3, -0.25) is 4.79 Å². The van der Waals surface area contributed by atoms with Crippen LogP contribution in [-0.4, -0.2) is 11.1 Å². The summed E-state index contributed by atoms with van der Waals surface area (Å²) in [6, 6.07) is 0. The van der Waals surface area contributed by atoms with Gasteiger partial charge in [-0.1, -0.05) is 52.4 Å². The molecule has 0 amide bonds. The van der Waals surface area contributed by atoms with Crippen LogP contribution in [0.25, 0.3) is 0 Å². The Labute approximate surface area is 87.7 Å². The molecule has 0 aliphatic rings. The Morgan fingerprint density at radius 2 is 1.36 bits per heavy atom. The lowest BCUT2D eigenvalue weighted by atomic mass is 9.95. The van der Waals surface area contributed by atoms with Gasteiger partial charge in [-0.15, -0.1) is 0 Å². The average molecular weight is 199 g/mol. The summed E-state index contributed by atoms with van der Waals surface area (Å²) in [6.45, 7) is 4.27. The lowest BCUT2D eigenvalue weighted by molar-refractivity contribution is -0.135. The van der Waals surface area contributed by atoms with Crippen molar-refractivity contribution in [1.82, 2.24) is 0 Å². The van der Waals surface area contributed by atoms with Gasteiger partial charge >= 0.3 is 5.97 Å². The topological polar surface area (TPSA) is 37.3 Å². The van der Waals surface area contributed by atoms with E-state index < -0.39 is 5.97 Å². The van der Waals surface area contributed by atoms with Crippen LogP contribution in [0.5, 0.6) is 0 Å². The highest BCUT2D eigenvalue weighted by molar-refractivity contribution is 5.82. The molecule has 1 radical (unpaired) electrons. The maximum absolute atomic E-state index is 10.9. The summed E-state index contributed by atoms with van der Waals surface area (Å²) < 4.78 is 0. The van der Waals surface area contributed by atoms with Gasteiger partial charge in [-0.05, 0) is 12.8 Å². The van der Waals surface area contributed by atoms with Gasteiger partial charge in [0.1, 0.15) is 0 Å². The van der Waals surface area contributed by atoms with Crippen LogP contribution in [0.3, 0.4) is 0 Å². The summed E-state index contributed by atoms with van der Waals surface area (Å²) in [4.78, 5) is 10.9. The maximum Gasteiger partial charge on any atom is 0.310 e. The summed E-state index contributed by atoms with van der Waals surface area (Å²) in [5.41, 5.74) is 0. The first-order chi connectivity index (χ1) is 6.72. The Morgan fingerprint density at radius 1 is 0.929 bits per heavy atom. The Balaban J connectivity index is 3.61. The van der Waals surface area contributed by atoms with Crippen molar-refractivity contribution >= 4 is 5.97 Å². The van der Waals surface area contributed by atoms with Crippen molar-refractivity contribution in [1.29, 1.82) is 0 Å². The molecule has 0 atom stereocenters. The van der Waals surface area contributed by atoms with Crippen molar-refractivity contribution in [2.24, 2.45) is 0 Å². The summed E-state index contributed by atoms with van der Waals surface area (Å²) in [5, 5.41) is 8.93. The lowest BCUT2D eigenvalue weighted by Crippen LogP contribution is -2.11.